The number of benzene rings is 1. The van der Waals surface area contributed by atoms with Crippen molar-refractivity contribution in [1.29, 1.82) is 0 Å². The van der Waals surface area contributed by atoms with Crippen molar-refractivity contribution >= 4 is 5.97 Å². The first kappa shape index (κ1) is 13.0. The molecule has 1 heterocycles. The molecule has 0 atom stereocenters. The van der Waals surface area contributed by atoms with E-state index in [1.54, 1.807) is 6.07 Å². The van der Waals surface area contributed by atoms with E-state index in [-0.39, 0.29) is 11.0 Å². The van der Waals surface area contributed by atoms with Crippen LogP contribution >= 0.6 is 0 Å². The van der Waals surface area contributed by atoms with Gasteiger partial charge in [0, 0.05) is 18.5 Å². The molecule has 1 aromatic rings. The summed E-state index contributed by atoms with van der Waals surface area (Å²) in [7, 11) is 0. The Balaban J connectivity index is 1.90. The number of carboxylic acid groups (broad SMARTS) is 1. The maximum atomic E-state index is 13.4. The molecule has 0 aliphatic carbocycles. The number of rotatable bonds is 5. The van der Waals surface area contributed by atoms with E-state index >= 15 is 0 Å². The Labute approximate surface area is 105 Å². The molecule has 1 fully saturated rings. The molecule has 0 bridgehead atoms. The Morgan fingerprint density at radius 1 is 1.56 bits per heavy atom. The quantitative estimate of drug-likeness (QED) is 0.837. The SMILES string of the molecule is CC1(CNCc2ccc(C(=O)O)c(F)c2)COC1. The first-order valence-electron chi connectivity index (χ1n) is 5.80. The zero-order chi connectivity index (χ0) is 13.2. The Hall–Kier alpha value is -1.46. The van der Waals surface area contributed by atoms with Gasteiger partial charge in [-0.15, -0.1) is 0 Å². The van der Waals surface area contributed by atoms with E-state index in [1.807, 2.05) is 0 Å². The van der Waals surface area contributed by atoms with Gasteiger partial charge in [-0.1, -0.05) is 13.0 Å². The summed E-state index contributed by atoms with van der Waals surface area (Å²) >= 11 is 0. The molecule has 0 radical (unpaired) electrons. The van der Waals surface area contributed by atoms with Crippen LogP contribution < -0.4 is 5.32 Å². The molecule has 2 rings (SSSR count). The highest BCUT2D eigenvalue weighted by atomic mass is 19.1. The van der Waals surface area contributed by atoms with Crippen molar-refractivity contribution in [2.45, 2.75) is 13.5 Å². The third kappa shape index (κ3) is 2.86. The zero-order valence-corrected chi connectivity index (χ0v) is 10.2. The summed E-state index contributed by atoms with van der Waals surface area (Å²) in [6, 6.07) is 4.18. The summed E-state index contributed by atoms with van der Waals surface area (Å²) in [6.07, 6.45) is 0. The van der Waals surface area contributed by atoms with Gasteiger partial charge in [0.15, 0.2) is 0 Å². The van der Waals surface area contributed by atoms with Crippen LogP contribution in [0.25, 0.3) is 0 Å². The maximum Gasteiger partial charge on any atom is 0.338 e. The predicted octanol–water partition coefficient (Wildman–Crippen LogP) is 1.65. The molecule has 1 aliphatic heterocycles. The lowest BCUT2D eigenvalue weighted by Crippen LogP contribution is -2.47. The third-order valence-corrected chi connectivity index (χ3v) is 3.05. The minimum absolute atomic E-state index is 0.166. The normalized spacial score (nSPS) is 17.2. The number of aromatic carboxylic acids is 1. The van der Waals surface area contributed by atoms with Gasteiger partial charge in [0.1, 0.15) is 5.82 Å². The topological polar surface area (TPSA) is 58.6 Å². The van der Waals surface area contributed by atoms with Crippen molar-refractivity contribution in [3.63, 3.8) is 0 Å². The Bertz CT molecular complexity index is 458. The second kappa shape index (κ2) is 5.04. The fourth-order valence-corrected chi connectivity index (χ4v) is 1.90. The predicted molar refractivity (Wildman–Crippen MR) is 64.0 cm³/mol. The highest BCUT2D eigenvalue weighted by molar-refractivity contribution is 5.87. The summed E-state index contributed by atoms with van der Waals surface area (Å²) < 4.78 is 18.5. The van der Waals surface area contributed by atoms with Crippen LogP contribution in [-0.4, -0.2) is 30.8 Å². The summed E-state index contributed by atoms with van der Waals surface area (Å²) in [5.41, 5.74) is 0.610. The van der Waals surface area contributed by atoms with Crippen LogP contribution in [0.1, 0.15) is 22.8 Å². The average molecular weight is 253 g/mol. The number of carboxylic acids is 1. The largest absolute Gasteiger partial charge is 0.478 e. The van der Waals surface area contributed by atoms with Gasteiger partial charge in [-0.3, -0.25) is 0 Å². The number of ether oxygens (including phenoxy) is 1. The van der Waals surface area contributed by atoms with Gasteiger partial charge >= 0.3 is 5.97 Å². The standard InChI is InChI=1S/C13H16FNO3/c1-13(7-18-8-13)6-15-5-9-2-3-10(12(16)17)11(14)4-9/h2-4,15H,5-8H2,1H3,(H,16,17). The number of nitrogens with one attached hydrogen (secondary N) is 1. The molecule has 0 unspecified atom stereocenters. The fraction of sp³-hybridized carbons (Fsp3) is 0.462. The van der Waals surface area contributed by atoms with Gasteiger partial charge in [-0.05, 0) is 17.7 Å². The van der Waals surface area contributed by atoms with E-state index in [0.29, 0.717) is 6.54 Å². The Morgan fingerprint density at radius 3 is 2.78 bits per heavy atom. The molecule has 98 valence electrons. The molecule has 1 saturated heterocycles. The minimum atomic E-state index is -1.24. The number of carbonyl (C=O) groups is 1. The van der Waals surface area contributed by atoms with E-state index in [1.165, 1.54) is 12.1 Å². The highest BCUT2D eigenvalue weighted by Crippen LogP contribution is 2.25. The third-order valence-electron chi connectivity index (χ3n) is 3.05. The number of hydrogen-bond acceptors (Lipinski definition) is 3. The smallest absolute Gasteiger partial charge is 0.338 e. The molecule has 18 heavy (non-hydrogen) atoms. The van der Waals surface area contributed by atoms with Gasteiger partial charge in [0.05, 0.1) is 18.8 Å². The van der Waals surface area contributed by atoms with Crippen molar-refractivity contribution in [2.75, 3.05) is 19.8 Å². The fourth-order valence-electron chi connectivity index (χ4n) is 1.90. The monoisotopic (exact) mass is 253 g/mol. The first-order valence-corrected chi connectivity index (χ1v) is 5.80. The van der Waals surface area contributed by atoms with Gasteiger partial charge in [0.25, 0.3) is 0 Å². The molecular weight excluding hydrogens is 237 g/mol. The molecule has 1 aliphatic rings. The molecule has 4 nitrogen and oxygen atoms in total. The molecule has 2 N–H and O–H groups in total. The zero-order valence-electron chi connectivity index (χ0n) is 10.2. The lowest BCUT2D eigenvalue weighted by atomic mass is 9.89. The van der Waals surface area contributed by atoms with Crippen LogP contribution in [0.4, 0.5) is 4.39 Å². The summed E-state index contributed by atoms with van der Waals surface area (Å²) in [6.45, 7) is 4.93. The number of hydrogen-bond donors (Lipinski definition) is 2. The van der Waals surface area contributed by atoms with Gasteiger partial charge < -0.3 is 15.2 Å². The molecule has 0 saturated carbocycles. The van der Waals surface area contributed by atoms with Crippen LogP contribution in [-0.2, 0) is 11.3 Å². The first-order chi connectivity index (χ1) is 8.50. The van der Waals surface area contributed by atoms with Crippen molar-refractivity contribution in [3.05, 3.63) is 35.1 Å². The number of halogens is 1. The van der Waals surface area contributed by atoms with E-state index in [0.717, 1.165) is 25.3 Å². The summed E-state index contributed by atoms with van der Waals surface area (Å²) in [5.74, 6) is -1.94. The van der Waals surface area contributed by atoms with Gasteiger partial charge in [-0.2, -0.15) is 0 Å². The summed E-state index contributed by atoms with van der Waals surface area (Å²) in [5, 5.41) is 11.9. The van der Waals surface area contributed by atoms with E-state index < -0.39 is 11.8 Å². The van der Waals surface area contributed by atoms with Crippen molar-refractivity contribution in [1.82, 2.24) is 5.32 Å². The maximum absolute atomic E-state index is 13.4. The van der Waals surface area contributed by atoms with E-state index in [4.69, 9.17) is 9.84 Å². The van der Waals surface area contributed by atoms with Crippen LogP contribution in [0, 0.1) is 11.2 Å². The van der Waals surface area contributed by atoms with Crippen molar-refractivity contribution in [2.24, 2.45) is 5.41 Å². The highest BCUT2D eigenvalue weighted by Gasteiger charge is 2.32. The van der Waals surface area contributed by atoms with Crippen LogP contribution in [0.3, 0.4) is 0 Å². The Kier molecular flexibility index (Phi) is 3.63. The molecule has 0 spiro atoms. The second-order valence-electron chi connectivity index (χ2n) is 5.03. The molecule has 0 amide bonds. The molecular formula is C13H16FNO3. The molecule has 5 heteroatoms. The lowest BCUT2D eigenvalue weighted by molar-refractivity contribution is -0.0991. The Morgan fingerprint density at radius 2 is 2.28 bits per heavy atom. The second-order valence-corrected chi connectivity index (χ2v) is 5.03. The van der Waals surface area contributed by atoms with Gasteiger partial charge in [0.2, 0.25) is 0 Å². The summed E-state index contributed by atoms with van der Waals surface area (Å²) in [4.78, 5) is 10.7. The minimum Gasteiger partial charge on any atom is -0.478 e. The van der Waals surface area contributed by atoms with Gasteiger partial charge in [-0.25, -0.2) is 9.18 Å². The van der Waals surface area contributed by atoms with Crippen LogP contribution in [0.5, 0.6) is 0 Å². The van der Waals surface area contributed by atoms with Crippen molar-refractivity contribution in [3.8, 4) is 0 Å². The molecule has 0 aromatic heterocycles. The molecule has 1 aromatic carbocycles. The van der Waals surface area contributed by atoms with E-state index in [2.05, 4.69) is 12.2 Å². The average Bonchev–Trinajstić information content (AvgIpc) is 2.26. The van der Waals surface area contributed by atoms with Crippen LogP contribution in [0.2, 0.25) is 0 Å². The lowest BCUT2D eigenvalue weighted by Gasteiger charge is -2.38. The van der Waals surface area contributed by atoms with Crippen LogP contribution in [0.15, 0.2) is 18.2 Å². The van der Waals surface area contributed by atoms with Crippen molar-refractivity contribution < 1.29 is 19.0 Å². The van der Waals surface area contributed by atoms with E-state index in [9.17, 15) is 9.18 Å².